The predicted molar refractivity (Wildman–Crippen MR) is 51.7 cm³/mol. The number of hydrogen-bond acceptors (Lipinski definition) is 1. The highest BCUT2D eigenvalue weighted by Crippen LogP contribution is 2.22. The highest BCUT2D eigenvalue weighted by atomic mass is 16.1. The molecule has 0 aromatic rings. The first kappa shape index (κ1) is 11.5. The fraction of sp³-hybridized carbons (Fsp3) is 0.900. The van der Waals surface area contributed by atoms with Crippen LogP contribution in [-0.2, 0) is 4.79 Å². The standard InChI is InChI=1S/C10H21NO/c1-10(2,3)8-6-4-5-7-9(11)12/h4-8H2,1-3H3,(H2,11,12). The van der Waals surface area contributed by atoms with Gasteiger partial charge in [0.05, 0.1) is 0 Å². The van der Waals surface area contributed by atoms with Gasteiger partial charge >= 0.3 is 0 Å². The van der Waals surface area contributed by atoms with Gasteiger partial charge in [0.15, 0.2) is 0 Å². The fourth-order valence-electron chi connectivity index (χ4n) is 1.13. The van der Waals surface area contributed by atoms with E-state index in [2.05, 4.69) is 20.8 Å². The summed E-state index contributed by atoms with van der Waals surface area (Å²) in [6.45, 7) is 6.71. The highest BCUT2D eigenvalue weighted by molar-refractivity contribution is 5.73. The van der Waals surface area contributed by atoms with E-state index < -0.39 is 0 Å². The van der Waals surface area contributed by atoms with Crippen molar-refractivity contribution in [1.82, 2.24) is 0 Å². The number of unbranched alkanes of at least 4 members (excludes halogenated alkanes) is 2. The van der Waals surface area contributed by atoms with Gasteiger partial charge in [-0.3, -0.25) is 4.79 Å². The Hall–Kier alpha value is -0.530. The lowest BCUT2D eigenvalue weighted by molar-refractivity contribution is -0.118. The molecule has 2 N–H and O–H groups in total. The van der Waals surface area contributed by atoms with E-state index in [-0.39, 0.29) is 5.91 Å². The monoisotopic (exact) mass is 171 g/mol. The Labute approximate surface area is 75.5 Å². The third kappa shape index (κ3) is 9.47. The van der Waals surface area contributed by atoms with Crippen molar-refractivity contribution in [1.29, 1.82) is 0 Å². The summed E-state index contributed by atoms with van der Waals surface area (Å²) in [6, 6.07) is 0. The van der Waals surface area contributed by atoms with Gasteiger partial charge in [0.2, 0.25) is 5.91 Å². The zero-order valence-corrected chi connectivity index (χ0v) is 8.52. The zero-order chi connectivity index (χ0) is 9.61. The number of primary amides is 1. The van der Waals surface area contributed by atoms with E-state index in [9.17, 15) is 4.79 Å². The maximum absolute atomic E-state index is 10.4. The van der Waals surface area contributed by atoms with Crippen LogP contribution in [0.3, 0.4) is 0 Å². The molecule has 12 heavy (non-hydrogen) atoms. The second-order valence-corrected chi connectivity index (χ2v) is 4.59. The molecule has 0 saturated heterocycles. The minimum absolute atomic E-state index is 0.175. The van der Waals surface area contributed by atoms with Crippen molar-refractivity contribution in [2.75, 3.05) is 0 Å². The Morgan fingerprint density at radius 1 is 1.17 bits per heavy atom. The summed E-state index contributed by atoms with van der Waals surface area (Å²) in [4.78, 5) is 10.4. The molecule has 0 aromatic carbocycles. The molecule has 0 radical (unpaired) electrons. The van der Waals surface area contributed by atoms with Crippen LogP contribution in [0.1, 0.15) is 52.9 Å². The molecule has 1 amide bonds. The lowest BCUT2D eigenvalue weighted by atomic mass is 9.89. The van der Waals surface area contributed by atoms with Crippen molar-refractivity contribution in [3.63, 3.8) is 0 Å². The molecule has 0 aromatic heterocycles. The summed E-state index contributed by atoms with van der Waals surface area (Å²) in [7, 11) is 0. The molecule has 2 nitrogen and oxygen atoms in total. The summed E-state index contributed by atoms with van der Waals surface area (Å²) in [5.41, 5.74) is 5.44. The Bertz CT molecular complexity index is 135. The van der Waals surface area contributed by atoms with Gasteiger partial charge in [0.1, 0.15) is 0 Å². The third-order valence-electron chi connectivity index (χ3n) is 1.85. The molecule has 0 spiro atoms. The minimum Gasteiger partial charge on any atom is -0.370 e. The van der Waals surface area contributed by atoms with Gasteiger partial charge in [-0.05, 0) is 18.3 Å². The summed E-state index contributed by atoms with van der Waals surface area (Å²) in [6.07, 6.45) is 5.05. The smallest absolute Gasteiger partial charge is 0.217 e. The van der Waals surface area contributed by atoms with E-state index in [0.29, 0.717) is 11.8 Å². The van der Waals surface area contributed by atoms with Crippen LogP contribution in [0, 0.1) is 5.41 Å². The molecule has 0 atom stereocenters. The Kier molecular flexibility index (Phi) is 4.95. The molecule has 0 saturated carbocycles. The topological polar surface area (TPSA) is 43.1 Å². The molecule has 0 fully saturated rings. The number of carbonyl (C=O) groups is 1. The number of hydrogen-bond donors (Lipinski definition) is 1. The van der Waals surface area contributed by atoms with E-state index >= 15 is 0 Å². The van der Waals surface area contributed by atoms with Crippen molar-refractivity contribution in [3.05, 3.63) is 0 Å². The Balaban J connectivity index is 3.17. The Morgan fingerprint density at radius 3 is 2.17 bits per heavy atom. The van der Waals surface area contributed by atoms with Gasteiger partial charge in [0.25, 0.3) is 0 Å². The zero-order valence-electron chi connectivity index (χ0n) is 8.52. The minimum atomic E-state index is -0.175. The molecule has 0 rings (SSSR count). The average Bonchev–Trinajstić information content (AvgIpc) is 1.83. The molecule has 0 heterocycles. The molecule has 0 unspecified atom stereocenters. The van der Waals surface area contributed by atoms with Crippen LogP contribution in [0.2, 0.25) is 0 Å². The van der Waals surface area contributed by atoms with Crippen LogP contribution < -0.4 is 5.73 Å². The van der Waals surface area contributed by atoms with Crippen LogP contribution in [0.25, 0.3) is 0 Å². The molecule has 2 heteroatoms. The second kappa shape index (κ2) is 5.18. The van der Waals surface area contributed by atoms with Gasteiger partial charge in [-0.1, -0.05) is 33.6 Å². The largest absolute Gasteiger partial charge is 0.370 e. The maximum Gasteiger partial charge on any atom is 0.217 e. The van der Waals surface area contributed by atoms with Gasteiger partial charge in [-0.2, -0.15) is 0 Å². The van der Waals surface area contributed by atoms with Crippen molar-refractivity contribution in [3.8, 4) is 0 Å². The molecule has 0 aliphatic rings. The van der Waals surface area contributed by atoms with Crippen LogP contribution in [-0.4, -0.2) is 5.91 Å². The average molecular weight is 171 g/mol. The van der Waals surface area contributed by atoms with Crippen molar-refractivity contribution in [2.24, 2.45) is 11.1 Å². The van der Waals surface area contributed by atoms with Crippen LogP contribution in [0.5, 0.6) is 0 Å². The summed E-state index contributed by atoms with van der Waals surface area (Å²) >= 11 is 0. The second-order valence-electron chi connectivity index (χ2n) is 4.59. The van der Waals surface area contributed by atoms with Crippen molar-refractivity contribution in [2.45, 2.75) is 52.9 Å². The van der Waals surface area contributed by atoms with Crippen molar-refractivity contribution >= 4 is 5.91 Å². The number of rotatable bonds is 5. The highest BCUT2D eigenvalue weighted by Gasteiger charge is 2.08. The quantitative estimate of drug-likeness (QED) is 0.634. The van der Waals surface area contributed by atoms with E-state index in [1.54, 1.807) is 0 Å². The predicted octanol–water partition coefficient (Wildman–Crippen LogP) is 2.47. The van der Waals surface area contributed by atoms with Gasteiger partial charge in [-0.15, -0.1) is 0 Å². The summed E-state index contributed by atoms with van der Waals surface area (Å²) in [5.74, 6) is -0.175. The maximum atomic E-state index is 10.4. The molecule has 0 aliphatic heterocycles. The Morgan fingerprint density at radius 2 is 1.75 bits per heavy atom. The normalized spacial score (nSPS) is 11.6. The molecular weight excluding hydrogens is 150 g/mol. The first-order valence-electron chi connectivity index (χ1n) is 4.70. The van der Waals surface area contributed by atoms with Crippen LogP contribution in [0.15, 0.2) is 0 Å². The SMILES string of the molecule is CC(C)(C)CCCCCC(N)=O. The third-order valence-corrected chi connectivity index (χ3v) is 1.85. The number of carbonyl (C=O) groups excluding carboxylic acids is 1. The lowest BCUT2D eigenvalue weighted by Crippen LogP contribution is -2.10. The van der Waals surface area contributed by atoms with E-state index in [1.165, 1.54) is 12.8 Å². The van der Waals surface area contributed by atoms with Crippen LogP contribution in [0.4, 0.5) is 0 Å². The fourth-order valence-corrected chi connectivity index (χ4v) is 1.13. The van der Waals surface area contributed by atoms with Crippen LogP contribution >= 0.6 is 0 Å². The van der Waals surface area contributed by atoms with E-state index in [4.69, 9.17) is 5.73 Å². The lowest BCUT2D eigenvalue weighted by Gasteiger charge is -2.17. The number of nitrogens with two attached hydrogens (primary N) is 1. The first-order chi connectivity index (χ1) is 5.42. The van der Waals surface area contributed by atoms with Gasteiger partial charge in [0, 0.05) is 6.42 Å². The van der Waals surface area contributed by atoms with E-state index in [1.807, 2.05) is 0 Å². The first-order valence-corrected chi connectivity index (χ1v) is 4.70. The van der Waals surface area contributed by atoms with Gasteiger partial charge in [-0.25, -0.2) is 0 Å². The summed E-state index contributed by atoms with van der Waals surface area (Å²) < 4.78 is 0. The van der Waals surface area contributed by atoms with E-state index in [0.717, 1.165) is 12.8 Å². The van der Waals surface area contributed by atoms with Crippen molar-refractivity contribution < 1.29 is 4.79 Å². The summed E-state index contributed by atoms with van der Waals surface area (Å²) in [5, 5.41) is 0. The molecular formula is C10H21NO. The number of amides is 1. The van der Waals surface area contributed by atoms with Gasteiger partial charge < -0.3 is 5.73 Å². The molecule has 72 valence electrons. The molecule has 0 aliphatic carbocycles. The molecule has 0 bridgehead atoms.